The lowest BCUT2D eigenvalue weighted by atomic mass is 10.3. The van der Waals surface area contributed by atoms with E-state index in [4.69, 9.17) is 27.4 Å². The van der Waals surface area contributed by atoms with E-state index in [9.17, 15) is 0 Å². The maximum absolute atomic E-state index is 5.42. The van der Waals surface area contributed by atoms with Crippen molar-refractivity contribution in [1.29, 1.82) is 0 Å². The van der Waals surface area contributed by atoms with Gasteiger partial charge in [-0.3, -0.25) is 0 Å². The Bertz CT molecular complexity index is 358. The normalized spacial score (nSPS) is 12.1. The van der Waals surface area contributed by atoms with E-state index in [-0.39, 0.29) is 11.1 Å². The molecular weight excluding hydrogens is 240 g/mol. The maximum atomic E-state index is 5.42. The Balaban J connectivity index is 2.48. The van der Waals surface area contributed by atoms with Gasteiger partial charge < -0.3 is 20.5 Å². The average Bonchev–Trinajstić information content (AvgIpc) is 2.35. The van der Waals surface area contributed by atoms with Gasteiger partial charge in [-0.15, -0.1) is 0 Å². The fourth-order valence-corrected chi connectivity index (χ4v) is 1.27. The summed E-state index contributed by atoms with van der Waals surface area (Å²) in [6, 6.07) is 0. The fraction of sp³-hybridized carbons (Fsp3) is 0.500. The van der Waals surface area contributed by atoms with Gasteiger partial charge in [0.25, 0.3) is 0 Å². The van der Waals surface area contributed by atoms with Crippen molar-refractivity contribution < 1.29 is 9.47 Å². The van der Waals surface area contributed by atoms with E-state index in [0.717, 1.165) is 0 Å². The standard InChI is InChI=1S/C10H16N4O2S/c1-15-6-7(16-2)3-13-9-5-12-8(4-14-9)10(11)17/h4-5,7H,3,6H2,1-2H3,(H2,11,17)(H,13,14). The summed E-state index contributed by atoms with van der Waals surface area (Å²) in [7, 11) is 3.26. The zero-order valence-electron chi connectivity index (χ0n) is 9.84. The van der Waals surface area contributed by atoms with Crippen molar-refractivity contribution in [3.8, 4) is 0 Å². The van der Waals surface area contributed by atoms with Crippen LogP contribution in [0.15, 0.2) is 12.4 Å². The van der Waals surface area contributed by atoms with Crippen LogP contribution in [0.2, 0.25) is 0 Å². The van der Waals surface area contributed by atoms with Gasteiger partial charge in [0, 0.05) is 20.8 Å². The molecule has 94 valence electrons. The number of methoxy groups -OCH3 is 2. The van der Waals surface area contributed by atoms with Crippen LogP contribution < -0.4 is 11.1 Å². The number of nitrogens with two attached hydrogens (primary N) is 1. The van der Waals surface area contributed by atoms with Crippen molar-refractivity contribution in [3.63, 3.8) is 0 Å². The van der Waals surface area contributed by atoms with E-state index in [1.165, 1.54) is 6.20 Å². The third kappa shape index (κ3) is 4.59. The molecular formula is C10H16N4O2S. The van der Waals surface area contributed by atoms with Gasteiger partial charge in [-0.2, -0.15) is 0 Å². The number of anilines is 1. The van der Waals surface area contributed by atoms with Crippen LogP contribution in [0.1, 0.15) is 5.69 Å². The summed E-state index contributed by atoms with van der Waals surface area (Å²) >= 11 is 4.78. The van der Waals surface area contributed by atoms with E-state index in [0.29, 0.717) is 24.7 Å². The number of hydrogen-bond donors (Lipinski definition) is 2. The van der Waals surface area contributed by atoms with Crippen molar-refractivity contribution >= 4 is 23.0 Å². The smallest absolute Gasteiger partial charge is 0.144 e. The lowest BCUT2D eigenvalue weighted by Gasteiger charge is -2.15. The third-order valence-electron chi connectivity index (χ3n) is 2.10. The Morgan fingerprint density at radius 3 is 2.71 bits per heavy atom. The molecule has 1 aromatic heterocycles. The molecule has 3 N–H and O–H groups in total. The zero-order chi connectivity index (χ0) is 12.7. The minimum absolute atomic E-state index is 0.0305. The number of nitrogens with zero attached hydrogens (tertiary/aromatic N) is 2. The molecule has 0 bridgehead atoms. The minimum atomic E-state index is -0.0305. The van der Waals surface area contributed by atoms with Gasteiger partial charge >= 0.3 is 0 Å². The van der Waals surface area contributed by atoms with Crippen LogP contribution in [-0.4, -0.2) is 48.4 Å². The molecule has 0 amide bonds. The van der Waals surface area contributed by atoms with Gasteiger partial charge in [0.15, 0.2) is 0 Å². The molecule has 17 heavy (non-hydrogen) atoms. The highest BCUT2D eigenvalue weighted by Crippen LogP contribution is 2.02. The van der Waals surface area contributed by atoms with Crippen molar-refractivity contribution in [3.05, 3.63) is 18.1 Å². The molecule has 0 aromatic carbocycles. The Hall–Kier alpha value is -1.31. The van der Waals surface area contributed by atoms with Crippen molar-refractivity contribution in [2.75, 3.05) is 32.7 Å². The van der Waals surface area contributed by atoms with Gasteiger partial charge in [-0.1, -0.05) is 12.2 Å². The second kappa shape index (κ2) is 7.10. The number of nitrogens with one attached hydrogen (secondary N) is 1. The number of ether oxygens (including phenoxy) is 2. The first-order valence-corrected chi connectivity index (χ1v) is 5.45. The number of rotatable bonds is 7. The summed E-state index contributed by atoms with van der Waals surface area (Å²) in [6.07, 6.45) is 3.08. The van der Waals surface area contributed by atoms with Crippen LogP contribution in [0.25, 0.3) is 0 Å². The lowest BCUT2D eigenvalue weighted by molar-refractivity contribution is 0.0365. The first-order valence-electron chi connectivity index (χ1n) is 5.04. The summed E-state index contributed by atoms with van der Waals surface area (Å²) < 4.78 is 10.2. The SMILES string of the molecule is COCC(CNc1cnc(C(N)=S)cn1)OC. The van der Waals surface area contributed by atoms with E-state index in [2.05, 4.69) is 15.3 Å². The molecule has 0 aliphatic heterocycles. The van der Waals surface area contributed by atoms with Gasteiger partial charge in [0.2, 0.25) is 0 Å². The minimum Gasteiger partial charge on any atom is -0.388 e. The van der Waals surface area contributed by atoms with Crippen LogP contribution in [-0.2, 0) is 9.47 Å². The quantitative estimate of drug-likeness (QED) is 0.673. The molecule has 1 rings (SSSR count). The Labute approximate surface area is 106 Å². The Kier molecular flexibility index (Phi) is 5.75. The molecule has 0 saturated heterocycles. The van der Waals surface area contributed by atoms with Crippen LogP contribution in [0, 0.1) is 0 Å². The highest BCUT2D eigenvalue weighted by Gasteiger charge is 2.07. The highest BCUT2D eigenvalue weighted by atomic mass is 32.1. The van der Waals surface area contributed by atoms with Crippen LogP contribution in [0.5, 0.6) is 0 Å². The van der Waals surface area contributed by atoms with Gasteiger partial charge in [-0.05, 0) is 0 Å². The van der Waals surface area contributed by atoms with Crippen LogP contribution >= 0.6 is 12.2 Å². The van der Waals surface area contributed by atoms with Gasteiger partial charge in [0.1, 0.15) is 16.5 Å². The third-order valence-corrected chi connectivity index (χ3v) is 2.31. The summed E-state index contributed by atoms with van der Waals surface area (Å²) in [5.41, 5.74) is 5.92. The molecule has 1 aromatic rings. The molecule has 0 spiro atoms. The van der Waals surface area contributed by atoms with Gasteiger partial charge in [0.05, 0.1) is 25.1 Å². The van der Waals surface area contributed by atoms with E-state index < -0.39 is 0 Å². The average molecular weight is 256 g/mol. The topological polar surface area (TPSA) is 82.3 Å². The molecule has 1 heterocycles. The van der Waals surface area contributed by atoms with Crippen LogP contribution in [0.4, 0.5) is 5.82 Å². The van der Waals surface area contributed by atoms with Crippen LogP contribution in [0.3, 0.4) is 0 Å². The maximum Gasteiger partial charge on any atom is 0.144 e. The van der Waals surface area contributed by atoms with Crippen molar-refractivity contribution in [2.24, 2.45) is 5.73 Å². The largest absolute Gasteiger partial charge is 0.388 e. The molecule has 6 nitrogen and oxygen atoms in total. The summed E-state index contributed by atoms with van der Waals surface area (Å²) in [6.45, 7) is 1.10. The predicted molar refractivity (Wildman–Crippen MR) is 69.1 cm³/mol. The Morgan fingerprint density at radius 1 is 1.47 bits per heavy atom. The predicted octanol–water partition coefficient (Wildman–Crippen LogP) is 0.184. The fourth-order valence-electron chi connectivity index (χ4n) is 1.16. The Morgan fingerprint density at radius 2 is 2.24 bits per heavy atom. The summed E-state index contributed by atoms with van der Waals surface area (Å²) in [5, 5.41) is 3.08. The highest BCUT2D eigenvalue weighted by molar-refractivity contribution is 7.80. The molecule has 0 fully saturated rings. The number of aromatic nitrogens is 2. The zero-order valence-corrected chi connectivity index (χ0v) is 10.7. The molecule has 0 aliphatic rings. The molecule has 1 unspecified atom stereocenters. The van der Waals surface area contributed by atoms with E-state index in [1.807, 2.05) is 0 Å². The molecule has 7 heteroatoms. The van der Waals surface area contributed by atoms with Crippen molar-refractivity contribution in [2.45, 2.75) is 6.10 Å². The van der Waals surface area contributed by atoms with Crippen molar-refractivity contribution in [1.82, 2.24) is 9.97 Å². The van der Waals surface area contributed by atoms with Gasteiger partial charge in [-0.25, -0.2) is 9.97 Å². The second-order valence-corrected chi connectivity index (χ2v) is 3.78. The second-order valence-electron chi connectivity index (χ2n) is 3.35. The number of hydrogen-bond acceptors (Lipinski definition) is 6. The molecule has 0 radical (unpaired) electrons. The summed E-state index contributed by atoms with van der Waals surface area (Å²) in [4.78, 5) is 8.43. The lowest BCUT2D eigenvalue weighted by Crippen LogP contribution is -2.27. The number of thiocarbonyl (C=S) groups is 1. The van der Waals surface area contributed by atoms with E-state index in [1.54, 1.807) is 20.4 Å². The molecule has 0 saturated carbocycles. The first kappa shape index (κ1) is 13.8. The first-order chi connectivity index (χ1) is 8.17. The summed E-state index contributed by atoms with van der Waals surface area (Å²) in [5.74, 6) is 0.642. The monoisotopic (exact) mass is 256 g/mol. The van der Waals surface area contributed by atoms with E-state index >= 15 is 0 Å². The molecule has 0 aliphatic carbocycles. The molecule has 1 atom stereocenters.